The van der Waals surface area contributed by atoms with Crippen LogP contribution in [0.1, 0.15) is 42.5 Å². The maximum Gasteiger partial charge on any atom is 0.417 e. The quantitative estimate of drug-likeness (QED) is 0.273. The lowest BCUT2D eigenvalue weighted by Gasteiger charge is -2.36. The van der Waals surface area contributed by atoms with Crippen molar-refractivity contribution in [1.29, 1.82) is 0 Å². The number of aromatic nitrogens is 2. The molecule has 1 atom stereocenters. The van der Waals surface area contributed by atoms with E-state index in [9.17, 15) is 35.9 Å². The number of carbonyl (C=O) groups is 1. The summed E-state index contributed by atoms with van der Waals surface area (Å²) in [5.74, 6) is 0.513. The summed E-state index contributed by atoms with van der Waals surface area (Å²) < 4.78 is 89.5. The number of rotatable bonds is 11. The van der Waals surface area contributed by atoms with Crippen molar-refractivity contribution in [2.75, 3.05) is 84.1 Å². The van der Waals surface area contributed by atoms with Crippen LogP contribution in [-0.4, -0.2) is 145 Å². The van der Waals surface area contributed by atoms with Gasteiger partial charge in [0, 0.05) is 92.2 Å². The molecule has 3 fully saturated rings. The largest absolute Gasteiger partial charge is 0.417 e. The minimum absolute atomic E-state index is 0.0261. The minimum Gasteiger partial charge on any atom is -0.390 e. The Morgan fingerprint density at radius 1 is 1.02 bits per heavy atom. The number of benzene rings is 1. The zero-order chi connectivity index (χ0) is 36.3. The van der Waals surface area contributed by atoms with E-state index in [0.717, 1.165) is 29.8 Å². The van der Waals surface area contributed by atoms with Gasteiger partial charge in [0.2, 0.25) is 15.9 Å². The second kappa shape index (κ2) is 16.4. The van der Waals surface area contributed by atoms with Crippen molar-refractivity contribution in [2.24, 2.45) is 5.92 Å². The van der Waals surface area contributed by atoms with Gasteiger partial charge in [-0.2, -0.15) is 22.6 Å². The van der Waals surface area contributed by atoms with Crippen LogP contribution in [0.2, 0.25) is 0 Å². The molecular formula is C34H48F4N6O5S2. The summed E-state index contributed by atoms with van der Waals surface area (Å²) in [5, 5.41) is 16.0. The summed E-state index contributed by atoms with van der Waals surface area (Å²) in [7, 11) is -3.55. The summed E-state index contributed by atoms with van der Waals surface area (Å²) in [4.78, 5) is 19.1. The smallest absolute Gasteiger partial charge is 0.390 e. The van der Waals surface area contributed by atoms with Crippen molar-refractivity contribution in [3.05, 3.63) is 35.0 Å². The number of hydrogen-bond acceptors (Lipinski definition) is 9. The number of sulfonamides is 1. The van der Waals surface area contributed by atoms with Gasteiger partial charge < -0.3 is 24.5 Å². The number of hydrogen-bond donors (Lipinski definition) is 1. The van der Waals surface area contributed by atoms with Gasteiger partial charge in [0.25, 0.3) is 0 Å². The van der Waals surface area contributed by atoms with Crippen LogP contribution in [0, 0.1) is 5.92 Å². The number of halogens is 4. The van der Waals surface area contributed by atoms with Gasteiger partial charge in [0.15, 0.2) is 0 Å². The average Bonchev–Trinajstić information content (AvgIpc) is 3.46. The fourth-order valence-electron chi connectivity index (χ4n) is 7.52. The van der Waals surface area contributed by atoms with Gasteiger partial charge in [0.05, 0.1) is 43.4 Å². The van der Waals surface area contributed by atoms with E-state index in [0.29, 0.717) is 120 Å². The predicted molar refractivity (Wildman–Crippen MR) is 185 cm³/mol. The van der Waals surface area contributed by atoms with E-state index < -0.39 is 34.0 Å². The molecule has 0 radical (unpaired) electrons. The Kier molecular flexibility index (Phi) is 12.4. The number of piperidine rings is 2. The van der Waals surface area contributed by atoms with Gasteiger partial charge in [-0.05, 0) is 50.9 Å². The first-order valence-electron chi connectivity index (χ1n) is 17.8. The van der Waals surface area contributed by atoms with Crippen LogP contribution in [0.4, 0.5) is 17.6 Å². The molecule has 2 aromatic rings. The fraction of sp³-hybridized carbons (Fsp3) is 0.706. The highest BCUT2D eigenvalue weighted by Crippen LogP contribution is 2.40. The van der Waals surface area contributed by atoms with E-state index in [1.54, 1.807) is 4.68 Å². The highest BCUT2D eigenvalue weighted by atomic mass is 32.2. The van der Waals surface area contributed by atoms with Gasteiger partial charge in [0.1, 0.15) is 6.17 Å². The molecule has 1 N–H and O–H groups in total. The maximum atomic E-state index is 14.1. The third kappa shape index (κ3) is 9.64. The standard InChI is InChI=1S/C34H48F4N6O5S2/c1-51(47,48)43-13-8-30-28(23-43)32(25-2-3-29(34(36,37)38)31(20-25)50-19-16-40-11-6-26(35)7-12-40)39-44(30)22-27(45)21-41-9-4-24(5-10-41)33(46)42-14-17-49-18-15-42/h2-3,20,24,26-27,45H,4-19,21-23H2,1H3. The van der Waals surface area contributed by atoms with Crippen LogP contribution in [0.15, 0.2) is 23.1 Å². The van der Waals surface area contributed by atoms with Crippen molar-refractivity contribution >= 4 is 27.7 Å². The second-order valence-corrected chi connectivity index (χ2v) is 17.2. The lowest BCUT2D eigenvalue weighted by molar-refractivity contribution is -0.141. The molecule has 6 rings (SSSR count). The van der Waals surface area contributed by atoms with Crippen molar-refractivity contribution in [1.82, 2.24) is 28.8 Å². The topological polar surface area (TPSA) is 111 Å². The third-order valence-electron chi connectivity index (χ3n) is 10.4. The van der Waals surface area contributed by atoms with Gasteiger partial charge in [-0.15, -0.1) is 11.8 Å². The monoisotopic (exact) mass is 760 g/mol. The molecule has 0 aliphatic carbocycles. The first-order valence-corrected chi connectivity index (χ1v) is 20.6. The third-order valence-corrected chi connectivity index (χ3v) is 12.7. The van der Waals surface area contributed by atoms with Crippen LogP contribution in [0.25, 0.3) is 11.3 Å². The molecule has 4 aliphatic rings. The van der Waals surface area contributed by atoms with E-state index >= 15 is 0 Å². The predicted octanol–water partition coefficient (Wildman–Crippen LogP) is 3.34. The van der Waals surface area contributed by atoms with E-state index in [1.165, 1.54) is 16.4 Å². The summed E-state index contributed by atoms with van der Waals surface area (Å²) in [6.07, 6.45) is -2.49. The van der Waals surface area contributed by atoms with Gasteiger partial charge in [-0.25, -0.2) is 12.8 Å². The molecule has 1 unspecified atom stereocenters. The Balaban J connectivity index is 1.17. The molecule has 4 aliphatic heterocycles. The first kappa shape index (κ1) is 38.4. The molecule has 5 heterocycles. The zero-order valence-corrected chi connectivity index (χ0v) is 30.6. The molecule has 284 valence electrons. The number of likely N-dealkylation sites (tertiary alicyclic amines) is 2. The second-order valence-electron chi connectivity index (χ2n) is 14.0. The Bertz CT molecular complexity index is 1620. The summed E-state index contributed by atoms with van der Waals surface area (Å²) >= 11 is 1.09. The molecule has 0 saturated carbocycles. The molecule has 51 heavy (non-hydrogen) atoms. The van der Waals surface area contributed by atoms with Crippen LogP contribution >= 0.6 is 11.8 Å². The van der Waals surface area contributed by atoms with Crippen molar-refractivity contribution < 1.29 is 40.6 Å². The minimum atomic E-state index is -4.58. The molecule has 17 heteroatoms. The lowest BCUT2D eigenvalue weighted by Crippen LogP contribution is -2.47. The molecule has 11 nitrogen and oxygen atoms in total. The van der Waals surface area contributed by atoms with E-state index in [2.05, 4.69) is 9.80 Å². The molecule has 0 bridgehead atoms. The number of alkyl halides is 4. The molecule has 1 aromatic carbocycles. The Morgan fingerprint density at radius 3 is 2.37 bits per heavy atom. The number of thioether (sulfide) groups is 1. The zero-order valence-electron chi connectivity index (χ0n) is 29.0. The Labute approximate surface area is 301 Å². The Hall–Kier alpha value is -2.28. The van der Waals surface area contributed by atoms with Crippen molar-refractivity contribution in [2.45, 2.75) is 68.5 Å². The summed E-state index contributed by atoms with van der Waals surface area (Å²) in [6, 6.07) is 3.91. The number of carbonyl (C=O) groups excluding carboxylic acids is 1. The van der Waals surface area contributed by atoms with E-state index in [4.69, 9.17) is 9.84 Å². The maximum absolute atomic E-state index is 14.1. The highest BCUT2D eigenvalue weighted by Gasteiger charge is 2.36. The summed E-state index contributed by atoms with van der Waals surface area (Å²) in [5.41, 5.74) is 1.45. The summed E-state index contributed by atoms with van der Waals surface area (Å²) in [6.45, 7) is 6.12. The van der Waals surface area contributed by atoms with E-state index in [1.807, 2.05) is 4.90 Å². The number of amides is 1. The molecule has 0 spiro atoms. The number of morpholine rings is 1. The molecule has 1 amide bonds. The fourth-order valence-corrected chi connectivity index (χ4v) is 9.43. The normalized spacial score (nSPS) is 21.6. The van der Waals surface area contributed by atoms with Gasteiger partial charge in [-0.3, -0.25) is 9.48 Å². The lowest BCUT2D eigenvalue weighted by atomic mass is 9.95. The number of nitrogens with zero attached hydrogens (tertiary/aromatic N) is 6. The number of aliphatic hydroxyl groups is 1. The van der Waals surface area contributed by atoms with Crippen molar-refractivity contribution in [3.63, 3.8) is 0 Å². The SMILES string of the molecule is CS(=O)(=O)N1CCc2c(c(-c3ccc(C(F)(F)F)c(SCCN4CCC(F)CC4)c3)nn2CC(O)CN2CCC(C(=O)N3CCOCC3)CC2)C1. The molecule has 3 saturated heterocycles. The van der Waals surface area contributed by atoms with Gasteiger partial charge >= 0.3 is 6.18 Å². The van der Waals surface area contributed by atoms with E-state index in [-0.39, 0.29) is 36.4 Å². The van der Waals surface area contributed by atoms with Crippen molar-refractivity contribution in [3.8, 4) is 11.3 Å². The number of ether oxygens (including phenoxy) is 1. The first-order chi connectivity index (χ1) is 24.3. The Morgan fingerprint density at radius 2 is 1.71 bits per heavy atom. The molecule has 1 aromatic heterocycles. The number of aliphatic hydroxyl groups excluding tert-OH is 1. The van der Waals surface area contributed by atoms with Crippen LogP contribution < -0.4 is 0 Å². The number of fused-ring (bicyclic) bond motifs is 1. The average molecular weight is 761 g/mol. The van der Waals surface area contributed by atoms with Gasteiger partial charge in [-0.1, -0.05) is 6.07 Å². The highest BCUT2D eigenvalue weighted by molar-refractivity contribution is 7.99. The number of β-amino-alcohol motifs (C(OH)–C–C–N with tert-alkyl or cyclic N) is 1. The van der Waals surface area contributed by atoms with Crippen LogP contribution in [0.5, 0.6) is 0 Å². The van der Waals surface area contributed by atoms with Crippen LogP contribution in [0.3, 0.4) is 0 Å². The molecular weight excluding hydrogens is 713 g/mol. The van der Waals surface area contributed by atoms with Crippen LogP contribution in [-0.2, 0) is 45.2 Å².